The van der Waals surface area contributed by atoms with Crippen LogP contribution in [0.5, 0.6) is 0 Å². The second-order valence-electron chi connectivity index (χ2n) is 8.13. The third kappa shape index (κ3) is 4.85. The largest absolute Gasteiger partial charge is 0.428 e. The maximum atomic E-state index is 13.7. The fourth-order valence-electron chi connectivity index (χ4n) is 3.90. The lowest BCUT2D eigenvalue weighted by atomic mass is 10.1. The van der Waals surface area contributed by atoms with Gasteiger partial charge in [0.05, 0.1) is 23.6 Å². The molecule has 2 aromatic heterocycles. The van der Waals surface area contributed by atoms with Crippen molar-refractivity contribution in [2.75, 3.05) is 24.5 Å². The van der Waals surface area contributed by atoms with Crippen LogP contribution < -0.4 is 4.90 Å². The number of nitrogens with zero attached hydrogens (tertiary/aromatic N) is 6. The Kier molecular flexibility index (Phi) is 6.65. The van der Waals surface area contributed by atoms with Gasteiger partial charge in [-0.25, -0.2) is 0 Å². The highest BCUT2D eigenvalue weighted by Gasteiger charge is 2.29. The van der Waals surface area contributed by atoms with Gasteiger partial charge in [0, 0.05) is 30.7 Å². The van der Waals surface area contributed by atoms with Gasteiger partial charge in [0.1, 0.15) is 11.5 Å². The first kappa shape index (κ1) is 22.8. The maximum Gasteiger partial charge on any atom is 0.298 e. The number of rotatable bonds is 5. The van der Waals surface area contributed by atoms with E-state index in [1.54, 1.807) is 24.5 Å². The molecule has 1 saturated heterocycles. The molecule has 172 valence electrons. The summed E-state index contributed by atoms with van der Waals surface area (Å²) in [4.78, 5) is 23.7. The summed E-state index contributed by atoms with van der Waals surface area (Å²) in [6, 6.07) is 6.32. The van der Waals surface area contributed by atoms with E-state index in [0.717, 1.165) is 18.5 Å². The van der Waals surface area contributed by atoms with Crippen LogP contribution in [0, 0.1) is 13.8 Å². The topological polar surface area (TPSA) is 80.3 Å². The SMILES string of the molecule is C=C/C(Cl)=C\c1nc(N2CCC(C)N(C(=O)c3cc(C)ccc3-n3nccn3)CC2)oc1C. The zero-order chi connectivity index (χ0) is 23.5. The fourth-order valence-corrected chi connectivity index (χ4v) is 4.00. The van der Waals surface area contributed by atoms with Crippen LogP contribution in [-0.2, 0) is 0 Å². The lowest BCUT2D eigenvalue weighted by Crippen LogP contribution is -2.40. The van der Waals surface area contributed by atoms with Crippen LogP contribution in [0.15, 0.2) is 52.7 Å². The predicted molar refractivity (Wildman–Crippen MR) is 129 cm³/mol. The quantitative estimate of drug-likeness (QED) is 0.519. The standard InChI is InChI=1S/C24H27ClN6O2/c1-5-19(25)15-21-18(4)33-24(28-21)29-11-8-17(3)30(13-12-29)23(32)20-14-16(2)6-7-22(20)31-26-9-10-27-31/h5-7,9-10,14-15,17H,1,8,11-13H2,2-4H3/b19-15+. The van der Waals surface area contributed by atoms with Crippen molar-refractivity contribution in [1.29, 1.82) is 0 Å². The van der Waals surface area contributed by atoms with Crippen LogP contribution in [0.25, 0.3) is 11.8 Å². The van der Waals surface area contributed by atoms with Gasteiger partial charge in [-0.2, -0.15) is 20.0 Å². The third-order valence-electron chi connectivity index (χ3n) is 5.80. The molecule has 0 N–H and O–H groups in total. The van der Waals surface area contributed by atoms with Crippen LogP contribution in [-0.4, -0.2) is 56.5 Å². The van der Waals surface area contributed by atoms with Crippen LogP contribution in [0.3, 0.4) is 0 Å². The predicted octanol–water partition coefficient (Wildman–Crippen LogP) is 4.38. The van der Waals surface area contributed by atoms with Crippen LogP contribution in [0.1, 0.15) is 40.7 Å². The Hall–Kier alpha value is -3.39. The molecule has 0 radical (unpaired) electrons. The summed E-state index contributed by atoms with van der Waals surface area (Å²) in [6.07, 6.45) is 7.28. The average molecular weight is 467 g/mol. The van der Waals surface area contributed by atoms with Gasteiger partial charge in [0.15, 0.2) is 0 Å². The first-order chi connectivity index (χ1) is 15.9. The van der Waals surface area contributed by atoms with Crippen molar-refractivity contribution in [3.8, 4) is 5.69 Å². The number of benzene rings is 1. The van der Waals surface area contributed by atoms with Crippen molar-refractivity contribution in [2.24, 2.45) is 0 Å². The molecule has 9 heteroatoms. The van der Waals surface area contributed by atoms with Gasteiger partial charge in [-0.05, 0) is 45.4 Å². The number of amides is 1. The molecule has 1 aliphatic rings. The third-order valence-corrected chi connectivity index (χ3v) is 6.06. The molecule has 0 spiro atoms. The summed E-state index contributed by atoms with van der Waals surface area (Å²) in [5.74, 6) is 0.650. The second-order valence-corrected chi connectivity index (χ2v) is 8.57. The van der Waals surface area contributed by atoms with E-state index in [1.807, 2.05) is 36.9 Å². The Morgan fingerprint density at radius 2 is 1.97 bits per heavy atom. The molecule has 1 unspecified atom stereocenters. The molecule has 3 aromatic rings. The molecule has 8 nitrogen and oxygen atoms in total. The molecular formula is C24H27ClN6O2. The van der Waals surface area contributed by atoms with Gasteiger partial charge >= 0.3 is 0 Å². The van der Waals surface area contributed by atoms with Crippen LogP contribution >= 0.6 is 11.6 Å². The Morgan fingerprint density at radius 1 is 1.21 bits per heavy atom. The van der Waals surface area contributed by atoms with Crippen molar-refractivity contribution >= 4 is 29.6 Å². The summed E-state index contributed by atoms with van der Waals surface area (Å²) in [7, 11) is 0. The van der Waals surface area contributed by atoms with Gasteiger partial charge < -0.3 is 14.2 Å². The van der Waals surface area contributed by atoms with E-state index >= 15 is 0 Å². The summed E-state index contributed by atoms with van der Waals surface area (Å²) >= 11 is 6.08. The first-order valence-electron chi connectivity index (χ1n) is 10.9. The van der Waals surface area contributed by atoms with E-state index in [-0.39, 0.29) is 11.9 Å². The number of aromatic nitrogens is 4. The van der Waals surface area contributed by atoms with Gasteiger partial charge in [0.25, 0.3) is 11.9 Å². The van der Waals surface area contributed by atoms with Gasteiger partial charge in [-0.15, -0.1) is 0 Å². The molecule has 33 heavy (non-hydrogen) atoms. The minimum Gasteiger partial charge on any atom is -0.428 e. The Balaban J connectivity index is 1.57. The highest BCUT2D eigenvalue weighted by molar-refractivity contribution is 6.33. The minimum atomic E-state index is -0.0367. The number of aryl methyl sites for hydroxylation is 2. The molecule has 4 rings (SSSR count). The molecular weight excluding hydrogens is 440 g/mol. The van der Waals surface area contributed by atoms with Crippen LogP contribution in [0.4, 0.5) is 6.01 Å². The van der Waals surface area contributed by atoms with Crippen molar-refractivity contribution in [1.82, 2.24) is 24.9 Å². The highest BCUT2D eigenvalue weighted by atomic mass is 35.5. The zero-order valence-corrected chi connectivity index (χ0v) is 19.8. The Labute approximate surface area is 198 Å². The average Bonchev–Trinajstić information content (AvgIpc) is 3.41. The molecule has 1 fully saturated rings. The van der Waals surface area contributed by atoms with E-state index in [9.17, 15) is 4.79 Å². The number of halogens is 1. The zero-order valence-electron chi connectivity index (χ0n) is 19.0. The molecule has 1 atom stereocenters. The molecule has 1 aliphatic heterocycles. The number of allylic oxidation sites excluding steroid dienone is 2. The smallest absolute Gasteiger partial charge is 0.298 e. The minimum absolute atomic E-state index is 0.0367. The van der Waals surface area contributed by atoms with E-state index in [2.05, 4.69) is 33.6 Å². The number of oxazole rings is 1. The maximum absolute atomic E-state index is 13.7. The number of hydrogen-bond donors (Lipinski definition) is 0. The van der Waals surface area contributed by atoms with Crippen molar-refractivity contribution in [2.45, 2.75) is 33.2 Å². The number of anilines is 1. The van der Waals surface area contributed by atoms with Crippen molar-refractivity contribution in [3.05, 3.63) is 70.9 Å². The fraction of sp³-hybridized carbons (Fsp3) is 0.333. The Bertz CT molecular complexity index is 1180. The molecule has 1 amide bonds. The van der Waals surface area contributed by atoms with Gasteiger partial charge in [-0.3, -0.25) is 4.79 Å². The molecule has 0 aliphatic carbocycles. The van der Waals surface area contributed by atoms with E-state index in [0.29, 0.717) is 46.8 Å². The summed E-state index contributed by atoms with van der Waals surface area (Å²) in [5.41, 5.74) is 2.94. The molecule has 0 saturated carbocycles. The normalized spacial score (nSPS) is 17.2. The molecule has 1 aromatic carbocycles. The second kappa shape index (κ2) is 9.62. The number of carbonyl (C=O) groups excluding carboxylic acids is 1. The monoisotopic (exact) mass is 466 g/mol. The first-order valence-corrected chi connectivity index (χ1v) is 11.3. The van der Waals surface area contributed by atoms with E-state index < -0.39 is 0 Å². The lowest BCUT2D eigenvalue weighted by Gasteiger charge is -2.27. The Morgan fingerprint density at radius 3 is 2.70 bits per heavy atom. The summed E-state index contributed by atoms with van der Waals surface area (Å²) in [6.45, 7) is 11.4. The number of hydrogen-bond acceptors (Lipinski definition) is 6. The van der Waals surface area contributed by atoms with Crippen LogP contribution in [0.2, 0.25) is 0 Å². The van der Waals surface area contributed by atoms with Gasteiger partial charge in [-0.1, -0.05) is 35.9 Å². The summed E-state index contributed by atoms with van der Waals surface area (Å²) < 4.78 is 5.91. The molecule has 3 heterocycles. The van der Waals surface area contributed by atoms with E-state index in [4.69, 9.17) is 16.0 Å². The van der Waals surface area contributed by atoms with E-state index in [1.165, 1.54) is 4.80 Å². The van der Waals surface area contributed by atoms with Crippen molar-refractivity contribution in [3.63, 3.8) is 0 Å². The molecule has 0 bridgehead atoms. The summed E-state index contributed by atoms with van der Waals surface area (Å²) in [5, 5.41) is 8.93. The lowest BCUT2D eigenvalue weighted by molar-refractivity contribution is 0.0704. The van der Waals surface area contributed by atoms with Crippen molar-refractivity contribution < 1.29 is 9.21 Å². The number of carbonyl (C=O) groups is 1. The highest BCUT2D eigenvalue weighted by Crippen LogP contribution is 2.25. The van der Waals surface area contributed by atoms with Gasteiger partial charge in [0.2, 0.25) is 0 Å².